The standard InChI is InChI=1S/C15H15NOS2/c1-9(2)7-11-8-12-13-10(3-5-16-14(13)17)4-6-18-15(12)19-11/h3-6,8-9H,7H2,1-2H3,(H,16,17). The highest BCUT2D eigenvalue weighted by Gasteiger charge is 2.18. The smallest absolute Gasteiger partial charge is 0.256 e. The third-order valence-corrected chi connectivity index (χ3v) is 5.24. The van der Waals surface area contributed by atoms with Gasteiger partial charge in [0.25, 0.3) is 5.56 Å². The first-order valence-electron chi connectivity index (χ1n) is 6.33. The highest BCUT2D eigenvalue weighted by atomic mass is 32.2. The molecular weight excluding hydrogens is 274 g/mol. The van der Waals surface area contributed by atoms with Crippen LogP contribution in [0.5, 0.6) is 0 Å². The first-order chi connectivity index (χ1) is 9.15. The summed E-state index contributed by atoms with van der Waals surface area (Å²) in [5.41, 5.74) is 2.90. The minimum atomic E-state index is -0.000188. The van der Waals surface area contributed by atoms with Crippen molar-refractivity contribution in [2.45, 2.75) is 24.5 Å². The monoisotopic (exact) mass is 289 g/mol. The van der Waals surface area contributed by atoms with Crippen molar-refractivity contribution in [3.63, 3.8) is 0 Å². The molecule has 4 heteroatoms. The van der Waals surface area contributed by atoms with Gasteiger partial charge in [0.15, 0.2) is 0 Å². The van der Waals surface area contributed by atoms with Gasteiger partial charge < -0.3 is 4.98 Å². The summed E-state index contributed by atoms with van der Waals surface area (Å²) < 4.78 is 1.22. The number of aromatic amines is 1. The molecule has 0 amide bonds. The number of rotatable bonds is 2. The average Bonchev–Trinajstić information content (AvgIpc) is 2.63. The number of aromatic nitrogens is 1. The SMILES string of the molecule is CC(C)Cc1cc2c(s1)SC=Cc1cc[nH]c(=O)c1-2. The zero-order valence-electron chi connectivity index (χ0n) is 10.9. The number of H-pyrrole nitrogens is 1. The lowest BCUT2D eigenvalue weighted by Crippen LogP contribution is -2.09. The van der Waals surface area contributed by atoms with E-state index in [9.17, 15) is 4.79 Å². The van der Waals surface area contributed by atoms with Crippen molar-refractivity contribution in [2.24, 2.45) is 5.92 Å². The van der Waals surface area contributed by atoms with Gasteiger partial charge in [0.2, 0.25) is 0 Å². The van der Waals surface area contributed by atoms with Crippen molar-refractivity contribution in [2.75, 3.05) is 0 Å². The van der Waals surface area contributed by atoms with Crippen LogP contribution in [0.1, 0.15) is 24.3 Å². The van der Waals surface area contributed by atoms with Crippen LogP contribution in [-0.2, 0) is 6.42 Å². The van der Waals surface area contributed by atoms with Crippen molar-refractivity contribution in [1.82, 2.24) is 4.98 Å². The minimum Gasteiger partial charge on any atom is -0.329 e. The maximum Gasteiger partial charge on any atom is 0.256 e. The van der Waals surface area contributed by atoms with E-state index >= 15 is 0 Å². The van der Waals surface area contributed by atoms with Gasteiger partial charge >= 0.3 is 0 Å². The molecule has 19 heavy (non-hydrogen) atoms. The highest BCUT2D eigenvalue weighted by molar-refractivity contribution is 8.04. The molecule has 0 fully saturated rings. The van der Waals surface area contributed by atoms with Crippen LogP contribution in [0.25, 0.3) is 17.2 Å². The zero-order valence-corrected chi connectivity index (χ0v) is 12.5. The molecule has 1 aliphatic heterocycles. The summed E-state index contributed by atoms with van der Waals surface area (Å²) >= 11 is 3.52. The van der Waals surface area contributed by atoms with E-state index in [4.69, 9.17) is 0 Å². The molecule has 2 nitrogen and oxygen atoms in total. The number of thioether (sulfide) groups is 1. The van der Waals surface area contributed by atoms with Gasteiger partial charge in [-0.15, -0.1) is 11.3 Å². The van der Waals surface area contributed by atoms with Gasteiger partial charge in [-0.1, -0.05) is 25.6 Å². The molecule has 0 aliphatic carbocycles. The summed E-state index contributed by atoms with van der Waals surface area (Å²) in [6, 6.07) is 4.15. The van der Waals surface area contributed by atoms with Crippen LogP contribution in [0.15, 0.2) is 32.7 Å². The predicted molar refractivity (Wildman–Crippen MR) is 83.8 cm³/mol. The quantitative estimate of drug-likeness (QED) is 0.890. The fraction of sp³-hybridized carbons (Fsp3) is 0.267. The lowest BCUT2D eigenvalue weighted by molar-refractivity contribution is 0.654. The summed E-state index contributed by atoms with van der Waals surface area (Å²) in [4.78, 5) is 16.3. The van der Waals surface area contributed by atoms with Gasteiger partial charge in [-0.05, 0) is 41.5 Å². The van der Waals surface area contributed by atoms with E-state index in [-0.39, 0.29) is 5.56 Å². The van der Waals surface area contributed by atoms with Crippen LogP contribution >= 0.6 is 23.1 Å². The second-order valence-corrected chi connectivity index (χ2v) is 7.38. The fourth-order valence-electron chi connectivity index (χ4n) is 2.27. The summed E-state index contributed by atoms with van der Waals surface area (Å²) in [6.45, 7) is 4.44. The first-order valence-corrected chi connectivity index (χ1v) is 8.02. The summed E-state index contributed by atoms with van der Waals surface area (Å²) in [7, 11) is 0. The van der Waals surface area contributed by atoms with Crippen LogP contribution in [0.4, 0.5) is 0 Å². The minimum absolute atomic E-state index is 0.000188. The Balaban J connectivity index is 2.18. The molecule has 1 N–H and O–H groups in total. The van der Waals surface area contributed by atoms with Crippen molar-refractivity contribution < 1.29 is 0 Å². The van der Waals surface area contributed by atoms with E-state index in [0.29, 0.717) is 5.92 Å². The number of thiophene rings is 1. The molecule has 0 atom stereocenters. The Hall–Kier alpha value is -1.26. The van der Waals surface area contributed by atoms with Gasteiger partial charge in [0.05, 0.1) is 9.77 Å². The van der Waals surface area contributed by atoms with Crippen LogP contribution in [0.3, 0.4) is 0 Å². The Labute approximate surface area is 120 Å². The Morgan fingerprint density at radius 1 is 1.37 bits per heavy atom. The van der Waals surface area contributed by atoms with Crippen LogP contribution in [0.2, 0.25) is 0 Å². The topological polar surface area (TPSA) is 32.9 Å². The van der Waals surface area contributed by atoms with Crippen molar-refractivity contribution >= 4 is 29.2 Å². The predicted octanol–water partition coefficient (Wildman–Crippen LogP) is 4.38. The normalized spacial score (nSPS) is 13.2. The number of hydrogen-bond acceptors (Lipinski definition) is 3. The van der Waals surface area contributed by atoms with Crippen molar-refractivity contribution in [3.8, 4) is 11.1 Å². The third-order valence-electron chi connectivity index (χ3n) is 3.04. The van der Waals surface area contributed by atoms with Gasteiger partial charge in [-0.3, -0.25) is 4.79 Å². The first kappa shape index (κ1) is 12.8. The lowest BCUT2D eigenvalue weighted by atomic mass is 10.0. The van der Waals surface area contributed by atoms with Crippen LogP contribution in [0, 0.1) is 5.92 Å². The number of fused-ring (bicyclic) bond motifs is 3. The molecule has 2 aromatic heterocycles. The summed E-state index contributed by atoms with van der Waals surface area (Å²) in [5, 5.41) is 2.07. The fourth-order valence-corrected chi connectivity index (χ4v) is 4.68. The molecule has 3 rings (SSSR count). The Morgan fingerprint density at radius 3 is 3.00 bits per heavy atom. The Kier molecular flexibility index (Phi) is 3.37. The molecule has 0 spiro atoms. The molecule has 3 heterocycles. The van der Waals surface area contributed by atoms with E-state index in [1.54, 1.807) is 18.0 Å². The van der Waals surface area contributed by atoms with Gasteiger partial charge in [-0.2, -0.15) is 0 Å². The largest absolute Gasteiger partial charge is 0.329 e. The van der Waals surface area contributed by atoms with E-state index in [2.05, 4.69) is 30.3 Å². The van der Waals surface area contributed by atoms with Crippen molar-refractivity contribution in [3.05, 3.63) is 44.5 Å². The molecular formula is C15H15NOS2. The second kappa shape index (κ2) is 5.02. The lowest BCUT2D eigenvalue weighted by Gasteiger charge is -2.02. The Bertz CT molecular complexity index is 694. The van der Waals surface area contributed by atoms with Gasteiger partial charge in [0, 0.05) is 16.6 Å². The van der Waals surface area contributed by atoms with E-state index in [0.717, 1.165) is 23.1 Å². The maximum absolute atomic E-state index is 12.1. The average molecular weight is 289 g/mol. The number of pyridine rings is 1. The molecule has 0 aromatic carbocycles. The third kappa shape index (κ3) is 2.42. The van der Waals surface area contributed by atoms with Crippen molar-refractivity contribution in [1.29, 1.82) is 0 Å². The molecule has 1 aliphatic rings. The molecule has 0 unspecified atom stereocenters. The summed E-state index contributed by atoms with van der Waals surface area (Å²) in [6.07, 6.45) is 4.80. The highest BCUT2D eigenvalue weighted by Crippen LogP contribution is 2.42. The molecule has 98 valence electrons. The molecule has 2 aromatic rings. The summed E-state index contributed by atoms with van der Waals surface area (Å²) in [5.74, 6) is 0.636. The number of hydrogen-bond donors (Lipinski definition) is 1. The number of nitrogens with one attached hydrogen (secondary N) is 1. The van der Waals surface area contributed by atoms with Gasteiger partial charge in [-0.25, -0.2) is 0 Å². The molecule has 0 radical (unpaired) electrons. The maximum atomic E-state index is 12.1. The van der Waals surface area contributed by atoms with Crippen LogP contribution < -0.4 is 5.56 Å². The molecule has 0 bridgehead atoms. The van der Waals surface area contributed by atoms with Gasteiger partial charge in [0.1, 0.15) is 0 Å². The van der Waals surface area contributed by atoms with E-state index < -0.39 is 0 Å². The van der Waals surface area contributed by atoms with E-state index in [1.165, 1.54) is 9.09 Å². The zero-order chi connectivity index (χ0) is 13.4. The molecule has 0 saturated heterocycles. The molecule has 0 saturated carbocycles. The Morgan fingerprint density at radius 2 is 2.21 bits per heavy atom. The van der Waals surface area contributed by atoms with E-state index in [1.807, 2.05) is 23.5 Å². The van der Waals surface area contributed by atoms with Crippen LogP contribution in [-0.4, -0.2) is 4.98 Å². The second-order valence-electron chi connectivity index (χ2n) is 5.07.